The van der Waals surface area contributed by atoms with Gasteiger partial charge in [-0.2, -0.15) is 13.2 Å². The molecule has 1 aliphatic carbocycles. The molecule has 5 nitrogen and oxygen atoms in total. The Bertz CT molecular complexity index is 737. The van der Waals surface area contributed by atoms with E-state index >= 15 is 0 Å². The summed E-state index contributed by atoms with van der Waals surface area (Å²) in [6, 6.07) is 1.97. The van der Waals surface area contributed by atoms with Gasteiger partial charge < -0.3 is 5.73 Å². The van der Waals surface area contributed by atoms with Crippen LogP contribution in [0.3, 0.4) is 0 Å². The molecule has 138 valence electrons. The monoisotopic (exact) mass is 414 g/mol. The van der Waals surface area contributed by atoms with E-state index in [-0.39, 0.29) is 36.4 Å². The molecule has 2 aromatic rings. The summed E-state index contributed by atoms with van der Waals surface area (Å²) in [6.45, 7) is 0. The Kier molecular flexibility index (Phi) is 7.18. The van der Waals surface area contributed by atoms with Crippen molar-refractivity contribution in [3.8, 4) is 0 Å². The maximum atomic E-state index is 12.4. The number of thiazole rings is 1. The van der Waals surface area contributed by atoms with Gasteiger partial charge in [-0.15, -0.1) is 36.2 Å². The van der Waals surface area contributed by atoms with Gasteiger partial charge in [0, 0.05) is 17.1 Å². The number of anilines is 1. The van der Waals surface area contributed by atoms with Crippen molar-refractivity contribution in [2.75, 3.05) is 5.32 Å². The summed E-state index contributed by atoms with van der Waals surface area (Å²) in [5.74, 6) is -0.540. The van der Waals surface area contributed by atoms with Gasteiger partial charge >= 0.3 is 6.18 Å². The summed E-state index contributed by atoms with van der Waals surface area (Å²) in [6.07, 6.45) is -1.27. The van der Waals surface area contributed by atoms with E-state index in [2.05, 4.69) is 15.3 Å². The average molecular weight is 415 g/mol. The van der Waals surface area contributed by atoms with Gasteiger partial charge in [0.2, 0.25) is 0 Å². The first-order valence-corrected chi connectivity index (χ1v) is 7.73. The van der Waals surface area contributed by atoms with Crippen LogP contribution in [-0.4, -0.2) is 21.9 Å². The lowest BCUT2D eigenvalue weighted by atomic mass is 9.99. The molecule has 3 N–H and O–H groups in total. The fourth-order valence-electron chi connectivity index (χ4n) is 2.32. The largest absolute Gasteiger partial charge is 0.433 e. The number of aromatic nitrogens is 2. The highest BCUT2D eigenvalue weighted by Crippen LogP contribution is 2.30. The summed E-state index contributed by atoms with van der Waals surface area (Å²) in [4.78, 5) is 20.7. The van der Waals surface area contributed by atoms with Crippen molar-refractivity contribution >= 4 is 47.2 Å². The molecule has 11 heteroatoms. The minimum atomic E-state index is -4.53. The fourth-order valence-corrected chi connectivity index (χ4v) is 3.41. The van der Waals surface area contributed by atoms with Crippen molar-refractivity contribution in [2.24, 2.45) is 5.73 Å². The molecule has 25 heavy (non-hydrogen) atoms. The van der Waals surface area contributed by atoms with Crippen molar-refractivity contribution in [1.29, 1.82) is 0 Å². The highest BCUT2D eigenvalue weighted by atomic mass is 35.5. The van der Waals surface area contributed by atoms with Crippen LogP contribution in [0.4, 0.5) is 18.3 Å². The van der Waals surface area contributed by atoms with Crippen LogP contribution in [0.5, 0.6) is 0 Å². The van der Waals surface area contributed by atoms with Crippen molar-refractivity contribution in [3.63, 3.8) is 0 Å². The van der Waals surface area contributed by atoms with Gasteiger partial charge in [-0.1, -0.05) is 0 Å². The summed E-state index contributed by atoms with van der Waals surface area (Å²) in [7, 11) is 0. The predicted octanol–water partition coefficient (Wildman–Crippen LogP) is 3.47. The normalized spacial score (nSPS) is 16.2. The van der Waals surface area contributed by atoms with Crippen LogP contribution in [0.2, 0.25) is 0 Å². The number of pyridine rings is 1. The zero-order valence-corrected chi connectivity index (χ0v) is 15.1. The molecule has 1 amide bonds. The van der Waals surface area contributed by atoms with Gasteiger partial charge in [0.05, 0.1) is 11.3 Å². The number of hydrogen-bond donors (Lipinski definition) is 2. The predicted molar refractivity (Wildman–Crippen MR) is 93.8 cm³/mol. The zero-order chi connectivity index (χ0) is 16.6. The molecule has 0 aromatic carbocycles. The Morgan fingerprint density at radius 3 is 2.64 bits per heavy atom. The molecule has 1 aliphatic rings. The number of halogens is 5. The van der Waals surface area contributed by atoms with E-state index in [1.54, 1.807) is 0 Å². The lowest BCUT2D eigenvalue weighted by Gasteiger charge is -2.15. The molecule has 0 fully saturated rings. The SMILES string of the molecule is Cl.Cl.N[C@H]1CCc2nc(NC(=O)c3ccc(C(F)(F)F)nc3)sc2C1. The molecule has 2 heterocycles. The van der Waals surface area contributed by atoms with Crippen LogP contribution in [0.1, 0.15) is 33.0 Å². The Hall–Kier alpha value is -1.42. The third kappa shape index (κ3) is 5.04. The second-order valence-electron chi connectivity index (χ2n) is 5.28. The topological polar surface area (TPSA) is 80.9 Å². The van der Waals surface area contributed by atoms with Gasteiger partial charge in [0.1, 0.15) is 5.69 Å². The second kappa shape index (κ2) is 8.31. The maximum Gasteiger partial charge on any atom is 0.433 e. The molecule has 0 aliphatic heterocycles. The molecule has 0 spiro atoms. The second-order valence-corrected chi connectivity index (χ2v) is 6.36. The number of carbonyl (C=O) groups is 1. The smallest absolute Gasteiger partial charge is 0.327 e. The molecule has 0 saturated carbocycles. The van der Waals surface area contributed by atoms with Gasteiger partial charge in [-0.25, -0.2) is 4.98 Å². The zero-order valence-electron chi connectivity index (χ0n) is 12.7. The van der Waals surface area contributed by atoms with Gasteiger partial charge in [0.15, 0.2) is 5.13 Å². The van der Waals surface area contributed by atoms with Crippen LogP contribution in [-0.2, 0) is 19.0 Å². The number of fused-ring (bicyclic) bond motifs is 1. The average Bonchev–Trinajstić information content (AvgIpc) is 2.87. The van der Waals surface area contributed by atoms with Crippen LogP contribution in [0, 0.1) is 0 Å². The first-order chi connectivity index (χ1) is 10.8. The first-order valence-electron chi connectivity index (χ1n) is 6.91. The quantitative estimate of drug-likeness (QED) is 0.787. The molecular formula is C14H15Cl2F3N4OS. The standard InChI is InChI=1S/C14H13F3N4OS.2ClH/c15-14(16,17)11-4-1-7(6-19-11)12(22)21-13-20-9-3-2-8(18)5-10(9)23-13;;/h1,4,6,8H,2-3,5,18H2,(H,20,21,22);2*1H/t8-;;/m0../s1. The third-order valence-electron chi connectivity index (χ3n) is 3.51. The fraction of sp³-hybridized carbons (Fsp3) is 0.357. The summed E-state index contributed by atoms with van der Waals surface area (Å²) in [5, 5.41) is 3.02. The van der Waals surface area contributed by atoms with Crippen LogP contribution in [0.25, 0.3) is 0 Å². The molecule has 0 radical (unpaired) electrons. The molecule has 1 atom stereocenters. The third-order valence-corrected chi connectivity index (χ3v) is 4.55. The van der Waals surface area contributed by atoms with E-state index in [9.17, 15) is 18.0 Å². The van der Waals surface area contributed by atoms with Gasteiger partial charge in [0.25, 0.3) is 5.91 Å². The van der Waals surface area contributed by atoms with Gasteiger partial charge in [-0.05, 0) is 31.4 Å². The van der Waals surface area contributed by atoms with E-state index in [0.29, 0.717) is 5.13 Å². The van der Waals surface area contributed by atoms with Crippen LogP contribution < -0.4 is 11.1 Å². The van der Waals surface area contributed by atoms with Crippen LogP contribution >= 0.6 is 36.2 Å². The highest BCUT2D eigenvalue weighted by molar-refractivity contribution is 7.15. The first kappa shape index (κ1) is 21.6. The minimum Gasteiger partial charge on any atom is -0.327 e. The number of nitrogens with two attached hydrogens (primary N) is 1. The number of amides is 1. The lowest BCUT2D eigenvalue weighted by Crippen LogP contribution is -2.27. The van der Waals surface area contributed by atoms with E-state index in [4.69, 9.17) is 5.73 Å². The van der Waals surface area contributed by atoms with E-state index < -0.39 is 17.8 Å². The Labute approximate surface area is 158 Å². The lowest BCUT2D eigenvalue weighted by molar-refractivity contribution is -0.141. The molecule has 0 bridgehead atoms. The number of nitrogens with zero attached hydrogens (tertiary/aromatic N) is 2. The van der Waals surface area contributed by atoms with E-state index in [0.717, 1.165) is 48.2 Å². The number of carbonyl (C=O) groups excluding carboxylic acids is 1. The van der Waals surface area contributed by atoms with Crippen molar-refractivity contribution in [1.82, 2.24) is 9.97 Å². The van der Waals surface area contributed by atoms with Crippen molar-refractivity contribution in [2.45, 2.75) is 31.5 Å². The molecule has 3 rings (SSSR count). The maximum absolute atomic E-state index is 12.4. The number of aryl methyl sites for hydroxylation is 1. The number of hydrogen-bond acceptors (Lipinski definition) is 5. The number of rotatable bonds is 2. The minimum absolute atomic E-state index is 0. The van der Waals surface area contributed by atoms with E-state index in [1.807, 2.05) is 0 Å². The Morgan fingerprint density at radius 2 is 2.04 bits per heavy atom. The molecule has 0 unspecified atom stereocenters. The summed E-state index contributed by atoms with van der Waals surface area (Å²) in [5.41, 5.74) is 5.83. The number of nitrogens with one attached hydrogen (secondary N) is 1. The molecular weight excluding hydrogens is 400 g/mol. The Morgan fingerprint density at radius 1 is 1.32 bits per heavy atom. The Balaban J connectivity index is 0.00000156. The molecule has 2 aromatic heterocycles. The van der Waals surface area contributed by atoms with Gasteiger partial charge in [-0.3, -0.25) is 15.1 Å². The number of alkyl halides is 3. The van der Waals surface area contributed by atoms with Crippen LogP contribution in [0.15, 0.2) is 18.3 Å². The summed E-state index contributed by atoms with van der Waals surface area (Å²) < 4.78 is 37.3. The highest BCUT2D eigenvalue weighted by Gasteiger charge is 2.32. The van der Waals surface area contributed by atoms with Crippen molar-refractivity contribution in [3.05, 3.63) is 40.2 Å². The van der Waals surface area contributed by atoms with Crippen molar-refractivity contribution < 1.29 is 18.0 Å². The molecule has 0 saturated heterocycles. The summed E-state index contributed by atoms with van der Waals surface area (Å²) >= 11 is 1.35. The van der Waals surface area contributed by atoms with E-state index in [1.165, 1.54) is 11.3 Å².